The molecule has 1 aliphatic heterocycles. The lowest BCUT2D eigenvalue weighted by atomic mass is 9.91. The van der Waals surface area contributed by atoms with E-state index in [2.05, 4.69) is 12.2 Å². The van der Waals surface area contributed by atoms with Crippen LogP contribution >= 0.6 is 0 Å². The van der Waals surface area contributed by atoms with Crippen LogP contribution in [0.3, 0.4) is 0 Å². The molecule has 3 aromatic rings. The zero-order valence-electron chi connectivity index (χ0n) is 19.3. The minimum absolute atomic E-state index is 0.306. The van der Waals surface area contributed by atoms with Gasteiger partial charge in [0.2, 0.25) is 5.91 Å². The van der Waals surface area contributed by atoms with Gasteiger partial charge in [-0.2, -0.15) is 0 Å². The molecular formula is C27H29N3O3. The number of nitrogens with one attached hydrogen (secondary N) is 1. The number of hydrogen-bond donors (Lipinski definition) is 1. The van der Waals surface area contributed by atoms with Gasteiger partial charge in [-0.3, -0.25) is 14.5 Å². The summed E-state index contributed by atoms with van der Waals surface area (Å²) in [5, 5.41) is 4.77. The summed E-state index contributed by atoms with van der Waals surface area (Å²) >= 11 is 0. The predicted octanol–water partition coefficient (Wildman–Crippen LogP) is 4.61. The highest BCUT2D eigenvalue weighted by Crippen LogP contribution is 2.30. The molecule has 4 amide bonds. The molecule has 6 nitrogen and oxygen atoms in total. The van der Waals surface area contributed by atoms with Gasteiger partial charge < -0.3 is 10.2 Å². The second kappa shape index (κ2) is 9.06. The summed E-state index contributed by atoms with van der Waals surface area (Å²) in [5.74, 6) is -0.724. The molecule has 3 aromatic carbocycles. The Hall–Kier alpha value is -3.67. The normalized spacial score (nSPS) is 18.0. The molecular weight excluding hydrogens is 414 g/mol. The molecule has 1 saturated heterocycles. The van der Waals surface area contributed by atoms with Gasteiger partial charge in [0, 0.05) is 11.9 Å². The number of amides is 4. The molecule has 33 heavy (non-hydrogen) atoms. The van der Waals surface area contributed by atoms with Gasteiger partial charge in [0.25, 0.3) is 5.91 Å². The lowest BCUT2D eigenvalue weighted by molar-refractivity contribution is -0.134. The van der Waals surface area contributed by atoms with Crippen molar-refractivity contribution in [1.82, 2.24) is 10.2 Å². The van der Waals surface area contributed by atoms with Crippen LogP contribution in [0.2, 0.25) is 0 Å². The average molecular weight is 444 g/mol. The number of benzene rings is 3. The number of likely N-dealkylation sites (N-methyl/N-ethyl adjacent to an activating group) is 1. The van der Waals surface area contributed by atoms with Crippen molar-refractivity contribution in [2.45, 2.75) is 39.2 Å². The first kappa shape index (κ1) is 22.5. The molecule has 1 unspecified atom stereocenters. The van der Waals surface area contributed by atoms with Crippen LogP contribution in [-0.2, 0) is 21.5 Å². The highest BCUT2D eigenvalue weighted by molar-refractivity contribution is 6.11. The number of anilines is 1. The topological polar surface area (TPSA) is 69.7 Å². The van der Waals surface area contributed by atoms with Gasteiger partial charge >= 0.3 is 6.03 Å². The van der Waals surface area contributed by atoms with E-state index in [-0.39, 0.29) is 12.5 Å². The van der Waals surface area contributed by atoms with E-state index in [4.69, 9.17) is 0 Å². The fourth-order valence-corrected chi connectivity index (χ4v) is 4.47. The van der Waals surface area contributed by atoms with Crippen molar-refractivity contribution in [3.63, 3.8) is 0 Å². The zero-order valence-corrected chi connectivity index (χ0v) is 19.3. The largest absolute Gasteiger partial charge is 0.325 e. The van der Waals surface area contributed by atoms with E-state index in [0.29, 0.717) is 12.1 Å². The number of rotatable bonds is 7. The molecule has 0 aliphatic carbocycles. The summed E-state index contributed by atoms with van der Waals surface area (Å²) in [6.07, 6.45) is 1.99. The van der Waals surface area contributed by atoms with E-state index < -0.39 is 17.5 Å². The third-order valence-corrected chi connectivity index (χ3v) is 6.31. The third kappa shape index (κ3) is 4.09. The highest BCUT2D eigenvalue weighted by Gasteiger charge is 2.49. The molecule has 1 atom stereocenters. The number of nitrogens with zero attached hydrogens (tertiary/aromatic N) is 2. The summed E-state index contributed by atoms with van der Waals surface area (Å²) in [6, 6.07) is 20.8. The number of urea groups is 1. The average Bonchev–Trinajstić information content (AvgIpc) is 3.04. The number of imide groups is 1. The van der Waals surface area contributed by atoms with Crippen LogP contribution in [0.25, 0.3) is 10.8 Å². The molecule has 170 valence electrons. The molecule has 0 saturated carbocycles. The monoisotopic (exact) mass is 443 g/mol. The smallest absolute Gasteiger partial charge is 0.319 e. The number of fused-ring (bicyclic) bond motifs is 1. The van der Waals surface area contributed by atoms with E-state index in [1.807, 2.05) is 73.7 Å². The second-order valence-corrected chi connectivity index (χ2v) is 8.53. The Bertz CT molecular complexity index is 1200. The Balaban J connectivity index is 1.57. The minimum Gasteiger partial charge on any atom is -0.319 e. The Morgan fingerprint density at radius 1 is 0.970 bits per heavy atom. The van der Waals surface area contributed by atoms with Crippen molar-refractivity contribution in [2.24, 2.45) is 0 Å². The quantitative estimate of drug-likeness (QED) is 0.542. The molecule has 0 radical (unpaired) electrons. The van der Waals surface area contributed by atoms with E-state index in [1.54, 1.807) is 11.8 Å². The van der Waals surface area contributed by atoms with E-state index in [0.717, 1.165) is 34.2 Å². The summed E-state index contributed by atoms with van der Waals surface area (Å²) in [5.41, 5.74) is 1.46. The van der Waals surface area contributed by atoms with Crippen LogP contribution < -0.4 is 10.2 Å². The predicted molar refractivity (Wildman–Crippen MR) is 130 cm³/mol. The van der Waals surface area contributed by atoms with Crippen LogP contribution in [-0.4, -0.2) is 35.8 Å². The summed E-state index contributed by atoms with van der Waals surface area (Å²) < 4.78 is 0. The second-order valence-electron chi connectivity index (χ2n) is 8.53. The van der Waals surface area contributed by atoms with E-state index >= 15 is 0 Å². The Morgan fingerprint density at radius 2 is 1.67 bits per heavy atom. The van der Waals surface area contributed by atoms with Crippen molar-refractivity contribution in [3.8, 4) is 0 Å². The van der Waals surface area contributed by atoms with Crippen LogP contribution in [0.4, 0.5) is 10.5 Å². The Morgan fingerprint density at radius 3 is 2.36 bits per heavy atom. The van der Waals surface area contributed by atoms with Crippen molar-refractivity contribution >= 4 is 34.3 Å². The molecule has 1 fully saturated rings. The fraction of sp³-hybridized carbons (Fsp3) is 0.296. The number of carbonyl (C=O) groups excluding carboxylic acids is 3. The van der Waals surface area contributed by atoms with Gasteiger partial charge in [0.15, 0.2) is 0 Å². The maximum Gasteiger partial charge on any atom is 0.325 e. The first-order chi connectivity index (χ1) is 15.9. The summed E-state index contributed by atoms with van der Waals surface area (Å²) in [7, 11) is 0. The number of carbonyl (C=O) groups is 3. The molecule has 0 spiro atoms. The maximum atomic E-state index is 13.3. The first-order valence-electron chi connectivity index (χ1n) is 11.4. The standard InChI is InChI=1S/C27H29N3O3/c1-4-9-19-14-16-21(17-15-19)27(3)25(32)30(26(33)28-27)18-24(31)29(5-2)23-13-8-11-20-10-6-7-12-22(20)23/h6-8,10-17H,4-5,9,18H2,1-3H3,(H,28,33). The summed E-state index contributed by atoms with van der Waals surface area (Å²) in [4.78, 5) is 42.0. The summed E-state index contributed by atoms with van der Waals surface area (Å²) in [6.45, 7) is 5.79. The number of aryl methyl sites for hydroxylation is 1. The molecule has 0 aromatic heterocycles. The highest BCUT2D eigenvalue weighted by atomic mass is 16.2. The molecule has 6 heteroatoms. The molecule has 1 heterocycles. The Kier molecular flexibility index (Phi) is 6.18. The zero-order chi connectivity index (χ0) is 23.6. The molecule has 1 aliphatic rings. The van der Waals surface area contributed by atoms with Gasteiger partial charge in [-0.1, -0.05) is 74.0 Å². The van der Waals surface area contributed by atoms with Crippen LogP contribution in [0.5, 0.6) is 0 Å². The van der Waals surface area contributed by atoms with Crippen LogP contribution in [0, 0.1) is 0 Å². The number of hydrogen-bond acceptors (Lipinski definition) is 3. The van der Waals surface area contributed by atoms with Gasteiger partial charge in [-0.15, -0.1) is 0 Å². The van der Waals surface area contributed by atoms with Gasteiger partial charge in [0.1, 0.15) is 12.1 Å². The van der Waals surface area contributed by atoms with E-state index in [9.17, 15) is 14.4 Å². The van der Waals surface area contributed by atoms with Crippen molar-refractivity contribution in [3.05, 3.63) is 77.9 Å². The lowest BCUT2D eigenvalue weighted by Crippen LogP contribution is -2.44. The van der Waals surface area contributed by atoms with Crippen LogP contribution in [0.1, 0.15) is 38.3 Å². The van der Waals surface area contributed by atoms with Crippen molar-refractivity contribution < 1.29 is 14.4 Å². The lowest BCUT2D eigenvalue weighted by Gasteiger charge is -2.25. The molecule has 0 bridgehead atoms. The van der Waals surface area contributed by atoms with Crippen molar-refractivity contribution in [2.75, 3.05) is 18.0 Å². The van der Waals surface area contributed by atoms with E-state index in [1.165, 1.54) is 5.56 Å². The SMILES string of the molecule is CCCc1ccc(C2(C)NC(=O)N(CC(=O)N(CC)c3cccc4ccccc34)C2=O)cc1. The van der Waals surface area contributed by atoms with Crippen molar-refractivity contribution in [1.29, 1.82) is 0 Å². The first-order valence-corrected chi connectivity index (χ1v) is 11.4. The van der Waals surface area contributed by atoms with Gasteiger partial charge in [0.05, 0.1) is 5.69 Å². The van der Waals surface area contributed by atoms with Gasteiger partial charge in [-0.25, -0.2) is 4.79 Å². The van der Waals surface area contributed by atoms with Crippen LogP contribution in [0.15, 0.2) is 66.7 Å². The molecule has 1 N–H and O–H groups in total. The minimum atomic E-state index is -1.20. The molecule has 4 rings (SSSR count). The Labute approximate surface area is 194 Å². The fourth-order valence-electron chi connectivity index (χ4n) is 4.47. The third-order valence-electron chi connectivity index (χ3n) is 6.31. The van der Waals surface area contributed by atoms with Gasteiger partial charge in [-0.05, 0) is 42.8 Å². The maximum absolute atomic E-state index is 13.3.